The van der Waals surface area contributed by atoms with Gasteiger partial charge in [0.1, 0.15) is 5.69 Å². The van der Waals surface area contributed by atoms with Crippen LogP contribution in [0.3, 0.4) is 0 Å². The number of nitrogens with zero attached hydrogens (tertiary/aromatic N) is 1. The third-order valence-corrected chi connectivity index (χ3v) is 4.91. The van der Waals surface area contributed by atoms with Crippen molar-refractivity contribution in [3.8, 4) is 0 Å². The Labute approximate surface area is 143 Å². The van der Waals surface area contributed by atoms with Crippen LogP contribution in [0.25, 0.3) is 0 Å². The number of pyridine rings is 1. The van der Waals surface area contributed by atoms with Crippen LogP contribution in [-0.4, -0.2) is 47.5 Å². The van der Waals surface area contributed by atoms with Crippen LogP contribution in [0.5, 0.6) is 0 Å². The first kappa shape index (κ1) is 20.1. The largest absolute Gasteiger partial charge is 0.433 e. The minimum absolute atomic E-state index is 0.0203. The molecule has 0 saturated heterocycles. The van der Waals surface area contributed by atoms with Gasteiger partial charge in [0.15, 0.2) is 0 Å². The third kappa shape index (κ3) is 5.36. The maximum Gasteiger partial charge on any atom is 0.433 e. The van der Waals surface area contributed by atoms with Crippen molar-refractivity contribution in [2.45, 2.75) is 18.0 Å². The van der Waals surface area contributed by atoms with Crippen molar-refractivity contribution in [1.82, 2.24) is 4.98 Å². The fourth-order valence-electron chi connectivity index (χ4n) is 2.45. The first-order chi connectivity index (χ1) is 11.2. The molecule has 0 aromatic carbocycles. The molecule has 0 amide bonds. The zero-order valence-electron chi connectivity index (χ0n) is 13.3. The Bertz CT molecular complexity index is 853. The number of rotatable bonds is 7. The van der Waals surface area contributed by atoms with E-state index in [1.54, 1.807) is 0 Å². The number of halogens is 3. The van der Waals surface area contributed by atoms with E-state index in [1.165, 1.54) is 6.07 Å². The van der Waals surface area contributed by atoms with Gasteiger partial charge in [0.2, 0.25) is 0 Å². The molecule has 1 saturated carbocycles. The summed E-state index contributed by atoms with van der Waals surface area (Å²) in [6, 6.07) is 3.26. The van der Waals surface area contributed by atoms with Gasteiger partial charge in [0, 0.05) is 11.1 Å². The van der Waals surface area contributed by atoms with Crippen molar-refractivity contribution in [3.05, 3.63) is 29.6 Å². The smallest absolute Gasteiger partial charge is 0.270 e. The lowest BCUT2D eigenvalue weighted by Gasteiger charge is -2.18. The molecule has 12 heteroatoms. The number of hydrogen-bond acceptors (Lipinski definition) is 7. The number of hydrogen-bond donors (Lipinski definition) is 0. The quantitative estimate of drug-likeness (QED) is 0.633. The molecule has 1 aromatic heterocycles. The van der Waals surface area contributed by atoms with E-state index >= 15 is 0 Å². The van der Waals surface area contributed by atoms with Crippen molar-refractivity contribution >= 4 is 20.2 Å². The van der Waals surface area contributed by atoms with E-state index in [4.69, 9.17) is 4.18 Å². The first-order valence-electron chi connectivity index (χ1n) is 6.96. The average molecular weight is 403 g/mol. The normalized spacial score (nSPS) is 24.3. The Kier molecular flexibility index (Phi) is 5.21. The van der Waals surface area contributed by atoms with Crippen LogP contribution < -0.4 is 0 Å². The summed E-state index contributed by atoms with van der Waals surface area (Å²) >= 11 is 0. The zero-order chi connectivity index (χ0) is 19.1. The highest BCUT2D eigenvalue weighted by Crippen LogP contribution is 2.54. The second-order valence-electron chi connectivity index (χ2n) is 5.92. The van der Waals surface area contributed by atoms with Crippen LogP contribution >= 0.6 is 0 Å². The molecule has 2 unspecified atom stereocenters. The monoisotopic (exact) mass is 403 g/mol. The van der Waals surface area contributed by atoms with Crippen LogP contribution in [-0.2, 0) is 40.2 Å². The summed E-state index contributed by atoms with van der Waals surface area (Å²) in [6.45, 7) is -0.748. The molecule has 1 aliphatic rings. The van der Waals surface area contributed by atoms with Crippen LogP contribution in [0.1, 0.15) is 17.8 Å². The van der Waals surface area contributed by atoms with Crippen LogP contribution in [0.4, 0.5) is 13.2 Å². The minimum Gasteiger partial charge on any atom is -0.270 e. The van der Waals surface area contributed by atoms with Crippen LogP contribution in [0, 0.1) is 5.92 Å². The summed E-state index contributed by atoms with van der Waals surface area (Å²) in [6.07, 6.45) is -2.83. The number of alkyl halides is 3. The lowest BCUT2D eigenvalue weighted by Crippen LogP contribution is -2.25. The minimum atomic E-state index is -4.66. The van der Waals surface area contributed by atoms with Gasteiger partial charge < -0.3 is 0 Å². The molecule has 1 heterocycles. The molecule has 7 nitrogen and oxygen atoms in total. The van der Waals surface area contributed by atoms with Crippen molar-refractivity contribution in [2.75, 3.05) is 25.7 Å². The summed E-state index contributed by atoms with van der Waals surface area (Å²) < 4.78 is 92.7. The van der Waals surface area contributed by atoms with Crippen LogP contribution in [0.2, 0.25) is 0 Å². The van der Waals surface area contributed by atoms with Gasteiger partial charge in [-0.15, -0.1) is 0 Å². The van der Waals surface area contributed by atoms with E-state index in [2.05, 4.69) is 9.17 Å². The Balaban J connectivity index is 2.31. The van der Waals surface area contributed by atoms with Gasteiger partial charge >= 0.3 is 6.18 Å². The van der Waals surface area contributed by atoms with Crippen molar-refractivity contribution in [1.29, 1.82) is 0 Å². The molecule has 0 N–H and O–H groups in total. The summed E-state index contributed by atoms with van der Waals surface area (Å²) in [5.41, 5.74) is -2.30. The molecular weight excluding hydrogens is 387 g/mol. The summed E-state index contributed by atoms with van der Waals surface area (Å²) in [5, 5.41) is 0. The van der Waals surface area contributed by atoms with E-state index in [1.807, 2.05) is 0 Å². The van der Waals surface area contributed by atoms with Gasteiger partial charge in [0.05, 0.1) is 25.7 Å². The molecule has 25 heavy (non-hydrogen) atoms. The highest BCUT2D eigenvalue weighted by molar-refractivity contribution is 7.86. The lowest BCUT2D eigenvalue weighted by atomic mass is 9.99. The van der Waals surface area contributed by atoms with E-state index < -0.39 is 50.0 Å². The highest BCUT2D eigenvalue weighted by Gasteiger charge is 2.58. The maximum atomic E-state index is 12.9. The van der Waals surface area contributed by atoms with Gasteiger partial charge in [-0.3, -0.25) is 8.37 Å². The van der Waals surface area contributed by atoms with Gasteiger partial charge in [-0.25, -0.2) is 4.98 Å². The van der Waals surface area contributed by atoms with Crippen molar-refractivity contribution in [3.63, 3.8) is 0 Å². The predicted octanol–water partition coefficient (Wildman–Crippen LogP) is 1.31. The fraction of sp³-hybridized carbons (Fsp3) is 0.615. The fourth-order valence-corrected chi connectivity index (χ4v) is 3.29. The summed E-state index contributed by atoms with van der Waals surface area (Å²) in [5.74, 6) is -0.542. The molecule has 0 aliphatic heterocycles. The van der Waals surface area contributed by atoms with E-state index in [9.17, 15) is 30.0 Å². The van der Waals surface area contributed by atoms with Gasteiger partial charge in [-0.2, -0.15) is 30.0 Å². The molecule has 2 rings (SSSR count). The standard InChI is InChI=1S/C13H16F3NO6S2/c1-24(18,19)22-7-9-6-12(9,8-23-25(2,20)21)10-4-3-5-11(17-10)13(14,15)16/h3-5,9H,6-8H2,1-2H3. The van der Waals surface area contributed by atoms with Crippen molar-refractivity contribution < 1.29 is 38.4 Å². The molecule has 1 aromatic rings. The zero-order valence-corrected chi connectivity index (χ0v) is 14.9. The van der Waals surface area contributed by atoms with Crippen molar-refractivity contribution in [2.24, 2.45) is 5.92 Å². The Morgan fingerprint density at radius 3 is 2.28 bits per heavy atom. The molecule has 0 radical (unpaired) electrons. The molecule has 0 bridgehead atoms. The number of aromatic nitrogens is 1. The average Bonchev–Trinajstić information content (AvgIpc) is 3.16. The first-order valence-corrected chi connectivity index (χ1v) is 10.6. The van der Waals surface area contributed by atoms with Gasteiger partial charge in [-0.05, 0) is 24.5 Å². The Morgan fingerprint density at radius 1 is 1.16 bits per heavy atom. The SMILES string of the molecule is CS(=O)(=O)OCC1CC1(COS(C)(=O)=O)c1cccc(C(F)(F)F)n1. The molecule has 0 spiro atoms. The highest BCUT2D eigenvalue weighted by atomic mass is 32.2. The summed E-state index contributed by atoms with van der Waals surface area (Å²) in [4.78, 5) is 3.57. The molecule has 142 valence electrons. The maximum absolute atomic E-state index is 12.9. The Hall–Kier alpha value is -1.24. The Morgan fingerprint density at radius 2 is 1.76 bits per heavy atom. The molecule has 2 atom stereocenters. The molecular formula is C13H16F3NO6S2. The van der Waals surface area contributed by atoms with Gasteiger partial charge in [-0.1, -0.05) is 6.07 Å². The van der Waals surface area contributed by atoms with Crippen LogP contribution in [0.15, 0.2) is 18.2 Å². The van der Waals surface area contributed by atoms with E-state index in [0.29, 0.717) is 0 Å². The topological polar surface area (TPSA) is 99.6 Å². The second kappa shape index (κ2) is 6.49. The van der Waals surface area contributed by atoms with E-state index in [0.717, 1.165) is 24.6 Å². The molecule has 1 aliphatic carbocycles. The lowest BCUT2D eigenvalue weighted by molar-refractivity contribution is -0.141. The van der Waals surface area contributed by atoms with Gasteiger partial charge in [0.25, 0.3) is 20.2 Å². The predicted molar refractivity (Wildman–Crippen MR) is 80.6 cm³/mol. The third-order valence-electron chi connectivity index (χ3n) is 3.80. The van der Waals surface area contributed by atoms with E-state index in [-0.39, 0.29) is 18.7 Å². The second-order valence-corrected chi connectivity index (χ2v) is 9.21. The summed E-state index contributed by atoms with van der Waals surface area (Å²) in [7, 11) is -7.59. The molecule has 1 fully saturated rings.